The highest BCUT2D eigenvalue weighted by Gasteiger charge is 2.20. The lowest BCUT2D eigenvalue weighted by molar-refractivity contribution is -0.131. The van der Waals surface area contributed by atoms with Crippen LogP contribution in [-0.4, -0.2) is 37.7 Å². The Kier molecular flexibility index (Phi) is 6.59. The Hall–Kier alpha value is -4.12. The number of nitrogens with zero attached hydrogens (tertiary/aromatic N) is 1. The Morgan fingerprint density at radius 2 is 1.81 bits per heavy atom. The number of hydrogen-bond donors (Lipinski definition) is 3. The van der Waals surface area contributed by atoms with Crippen molar-refractivity contribution < 1.29 is 32.4 Å². The first-order valence-electron chi connectivity index (χ1n) is 9.14. The van der Waals surface area contributed by atoms with Gasteiger partial charge < -0.3 is 19.7 Å². The average Bonchev–Trinajstić information content (AvgIpc) is 3.19. The maximum atomic E-state index is 12.9. The van der Waals surface area contributed by atoms with E-state index in [2.05, 4.69) is 15.2 Å². The van der Waals surface area contributed by atoms with E-state index in [0.29, 0.717) is 22.6 Å². The summed E-state index contributed by atoms with van der Waals surface area (Å²) in [5.74, 6) is -1.10. The fraction of sp³-hybridized carbons (Fsp3) is 0.0952. The number of amides is 1. The molecule has 0 spiro atoms. The number of nitrogens with one attached hydrogen (secondary N) is 2. The van der Waals surface area contributed by atoms with E-state index in [0.717, 1.165) is 6.08 Å². The summed E-state index contributed by atoms with van der Waals surface area (Å²) in [7, 11) is -2.73. The Balaban J connectivity index is 1.79. The molecule has 11 heteroatoms. The fourth-order valence-electron chi connectivity index (χ4n) is 2.72. The molecular weight excluding hydrogens is 438 g/mol. The van der Waals surface area contributed by atoms with Crippen molar-refractivity contribution in [1.29, 1.82) is 0 Å². The van der Waals surface area contributed by atoms with E-state index in [4.69, 9.17) is 14.4 Å². The van der Waals surface area contributed by atoms with Gasteiger partial charge in [0.2, 0.25) is 0 Å². The van der Waals surface area contributed by atoms with Crippen LogP contribution in [0.2, 0.25) is 0 Å². The Morgan fingerprint density at radius 3 is 2.41 bits per heavy atom. The normalized spacial score (nSPS) is 11.3. The molecule has 0 saturated heterocycles. The number of sulfonamides is 1. The van der Waals surface area contributed by atoms with Gasteiger partial charge in [-0.1, -0.05) is 11.2 Å². The Labute approximate surface area is 183 Å². The monoisotopic (exact) mass is 457 g/mol. The number of methoxy groups -OCH3 is 1. The Bertz CT molecular complexity index is 1280. The molecule has 166 valence electrons. The number of anilines is 2. The lowest BCUT2D eigenvalue weighted by atomic mass is 10.2. The summed E-state index contributed by atoms with van der Waals surface area (Å²) in [6, 6.07) is 10.3. The van der Waals surface area contributed by atoms with Crippen LogP contribution in [0.4, 0.5) is 11.4 Å². The average molecular weight is 457 g/mol. The van der Waals surface area contributed by atoms with Gasteiger partial charge in [-0.05, 0) is 55.0 Å². The smallest absolute Gasteiger partial charge is 0.328 e. The molecule has 0 radical (unpaired) electrons. The maximum absolute atomic E-state index is 12.9. The van der Waals surface area contributed by atoms with Crippen molar-refractivity contribution in [2.75, 3.05) is 17.1 Å². The van der Waals surface area contributed by atoms with Crippen LogP contribution >= 0.6 is 0 Å². The van der Waals surface area contributed by atoms with Gasteiger partial charge in [0.25, 0.3) is 15.9 Å². The van der Waals surface area contributed by atoms with Crippen molar-refractivity contribution in [3.8, 4) is 5.75 Å². The number of aryl methyl sites for hydroxylation is 1. The zero-order valence-corrected chi connectivity index (χ0v) is 17.8. The molecule has 3 rings (SSSR count). The van der Waals surface area contributed by atoms with E-state index in [9.17, 15) is 18.0 Å². The van der Waals surface area contributed by atoms with Crippen molar-refractivity contribution in [3.63, 3.8) is 0 Å². The number of ether oxygens (including phenoxy) is 1. The number of hydrogen-bond acceptors (Lipinski definition) is 7. The molecule has 0 bridgehead atoms. The molecule has 1 amide bonds. The van der Waals surface area contributed by atoms with Gasteiger partial charge >= 0.3 is 5.97 Å². The van der Waals surface area contributed by atoms with Crippen LogP contribution in [0.25, 0.3) is 6.08 Å². The molecular formula is C21H19N3O7S. The number of carboxylic acid groups (broad SMARTS) is 1. The van der Waals surface area contributed by atoms with Gasteiger partial charge in [0.15, 0.2) is 0 Å². The number of aromatic nitrogens is 1. The van der Waals surface area contributed by atoms with Crippen molar-refractivity contribution in [1.82, 2.24) is 5.16 Å². The lowest BCUT2D eigenvalue weighted by Crippen LogP contribution is -2.15. The van der Waals surface area contributed by atoms with Gasteiger partial charge in [-0.25, -0.2) is 13.2 Å². The maximum Gasteiger partial charge on any atom is 0.328 e. The van der Waals surface area contributed by atoms with Crippen LogP contribution in [0.5, 0.6) is 5.75 Å². The van der Waals surface area contributed by atoms with E-state index < -0.39 is 21.9 Å². The highest BCUT2D eigenvalue weighted by Crippen LogP contribution is 2.28. The van der Waals surface area contributed by atoms with E-state index in [1.54, 1.807) is 6.92 Å². The zero-order chi connectivity index (χ0) is 23.3. The lowest BCUT2D eigenvalue weighted by Gasteiger charge is -2.13. The third-order valence-electron chi connectivity index (χ3n) is 4.29. The van der Waals surface area contributed by atoms with Crippen LogP contribution in [0.3, 0.4) is 0 Å². The quantitative estimate of drug-likeness (QED) is 0.437. The highest BCUT2D eigenvalue weighted by molar-refractivity contribution is 7.92. The first-order chi connectivity index (χ1) is 15.2. The van der Waals surface area contributed by atoms with E-state index >= 15 is 0 Å². The molecule has 0 unspecified atom stereocenters. The van der Waals surface area contributed by atoms with Gasteiger partial charge in [0.05, 0.1) is 13.3 Å². The summed E-state index contributed by atoms with van der Waals surface area (Å²) in [5, 5.41) is 15.0. The van der Waals surface area contributed by atoms with Crippen LogP contribution in [0, 0.1) is 6.92 Å². The molecule has 0 aliphatic heterocycles. The van der Waals surface area contributed by atoms with Gasteiger partial charge in [0.1, 0.15) is 22.0 Å². The first-order valence-corrected chi connectivity index (χ1v) is 10.6. The van der Waals surface area contributed by atoms with Crippen molar-refractivity contribution >= 4 is 39.4 Å². The SMILES string of the molecule is COc1ccc(/C=C/C(=O)O)cc1S(=O)(=O)Nc1ccc(NC(=O)c2cnoc2C)cc1. The number of rotatable bonds is 8. The molecule has 2 aromatic carbocycles. The second kappa shape index (κ2) is 9.35. The second-order valence-electron chi connectivity index (χ2n) is 6.51. The van der Waals surface area contributed by atoms with Gasteiger partial charge in [0, 0.05) is 17.5 Å². The number of carboxylic acids is 1. The number of carbonyl (C=O) groups is 2. The molecule has 1 heterocycles. The minimum Gasteiger partial charge on any atom is -0.495 e. The van der Waals surface area contributed by atoms with Crippen LogP contribution in [0.15, 0.2) is 64.2 Å². The topological polar surface area (TPSA) is 148 Å². The zero-order valence-electron chi connectivity index (χ0n) is 17.0. The molecule has 0 aliphatic carbocycles. The second-order valence-corrected chi connectivity index (χ2v) is 8.17. The third kappa shape index (κ3) is 5.32. The van der Waals surface area contributed by atoms with Crippen LogP contribution in [-0.2, 0) is 14.8 Å². The number of carbonyl (C=O) groups excluding carboxylic acids is 1. The van der Waals surface area contributed by atoms with Crippen molar-refractivity contribution in [3.05, 3.63) is 71.6 Å². The molecule has 0 atom stereocenters. The number of aliphatic carboxylic acids is 1. The molecule has 3 N–H and O–H groups in total. The summed E-state index contributed by atoms with van der Waals surface area (Å²) >= 11 is 0. The molecule has 0 saturated carbocycles. The van der Waals surface area contributed by atoms with Crippen LogP contribution in [0.1, 0.15) is 21.7 Å². The molecule has 1 aromatic heterocycles. The third-order valence-corrected chi connectivity index (χ3v) is 5.69. The molecule has 3 aromatic rings. The van der Waals surface area contributed by atoms with Crippen LogP contribution < -0.4 is 14.8 Å². The van der Waals surface area contributed by atoms with Gasteiger partial charge in [-0.2, -0.15) is 0 Å². The summed E-state index contributed by atoms with van der Waals surface area (Å²) < 4.78 is 38.3. The molecule has 0 aliphatic rings. The predicted molar refractivity (Wildman–Crippen MR) is 116 cm³/mol. The summed E-state index contributed by atoms with van der Waals surface area (Å²) in [5.41, 5.74) is 1.35. The summed E-state index contributed by atoms with van der Waals surface area (Å²) in [6.45, 7) is 1.61. The van der Waals surface area contributed by atoms with E-state index in [-0.39, 0.29) is 16.3 Å². The Morgan fingerprint density at radius 1 is 1.12 bits per heavy atom. The molecule has 32 heavy (non-hydrogen) atoms. The largest absolute Gasteiger partial charge is 0.495 e. The van der Waals surface area contributed by atoms with Crippen molar-refractivity contribution in [2.45, 2.75) is 11.8 Å². The number of benzene rings is 2. The minimum absolute atomic E-state index is 0.0953. The predicted octanol–water partition coefficient (Wildman–Crippen LogP) is 3.14. The summed E-state index contributed by atoms with van der Waals surface area (Å²) in [6.07, 6.45) is 3.48. The van der Waals surface area contributed by atoms with E-state index in [1.807, 2.05) is 0 Å². The fourth-order valence-corrected chi connectivity index (χ4v) is 3.99. The minimum atomic E-state index is -4.06. The van der Waals surface area contributed by atoms with Crippen molar-refractivity contribution in [2.24, 2.45) is 0 Å². The highest BCUT2D eigenvalue weighted by atomic mass is 32.2. The standard InChI is InChI=1S/C21H19N3O7S/c1-13-17(12-22-31-13)21(27)23-15-5-7-16(8-6-15)24-32(28,29)19-11-14(4-10-20(25)26)3-9-18(19)30-2/h3-12,24H,1-2H3,(H,23,27)(H,25,26)/b10-4+. The summed E-state index contributed by atoms with van der Waals surface area (Å²) in [4.78, 5) is 22.8. The van der Waals surface area contributed by atoms with Gasteiger partial charge in [-0.3, -0.25) is 9.52 Å². The molecule has 10 nitrogen and oxygen atoms in total. The molecule has 0 fully saturated rings. The van der Waals surface area contributed by atoms with E-state index in [1.165, 1.54) is 61.8 Å². The first kappa shape index (κ1) is 22.6. The van der Waals surface area contributed by atoms with Gasteiger partial charge in [-0.15, -0.1) is 0 Å².